The summed E-state index contributed by atoms with van der Waals surface area (Å²) in [5, 5.41) is 47.2. The Bertz CT molecular complexity index is 2620. The summed E-state index contributed by atoms with van der Waals surface area (Å²) < 4.78 is 6.21. The Balaban J connectivity index is 0.784. The average molecular weight is 879 g/mol. The molecule has 0 spiro atoms. The van der Waals surface area contributed by atoms with Crippen LogP contribution in [-0.2, 0) is 29.8 Å². The lowest BCUT2D eigenvalue weighted by Gasteiger charge is -2.32. The molecule has 338 valence electrons. The van der Waals surface area contributed by atoms with Gasteiger partial charge in [-0.25, -0.2) is 4.79 Å². The second-order valence-electron chi connectivity index (χ2n) is 17.7. The van der Waals surface area contributed by atoms with Crippen LogP contribution >= 0.6 is 0 Å². The average Bonchev–Trinajstić information content (AvgIpc) is 3.33. The van der Waals surface area contributed by atoms with E-state index in [9.17, 15) is 34.8 Å². The van der Waals surface area contributed by atoms with E-state index in [0.717, 1.165) is 62.9 Å². The van der Waals surface area contributed by atoms with E-state index in [0.29, 0.717) is 71.9 Å². The zero-order valence-electron chi connectivity index (χ0n) is 36.6. The van der Waals surface area contributed by atoms with Gasteiger partial charge in [0.2, 0.25) is 11.2 Å². The molecule has 0 aliphatic carbocycles. The van der Waals surface area contributed by atoms with Gasteiger partial charge < -0.3 is 40.4 Å². The number of likely N-dealkylation sites (tertiary alicyclic amines) is 2. The molecule has 2 saturated heterocycles. The topological polar surface area (TPSA) is 176 Å². The van der Waals surface area contributed by atoms with Crippen molar-refractivity contribution in [2.45, 2.75) is 56.8 Å². The van der Waals surface area contributed by atoms with Crippen molar-refractivity contribution in [3.8, 4) is 11.5 Å². The molecule has 6 N–H and O–H groups in total. The summed E-state index contributed by atoms with van der Waals surface area (Å²) in [7, 11) is 0. The molecule has 8 rings (SSSR count). The van der Waals surface area contributed by atoms with Crippen LogP contribution in [0.15, 0.2) is 132 Å². The number of aliphatic carboxylic acids is 1. The van der Waals surface area contributed by atoms with Crippen molar-refractivity contribution in [2.75, 3.05) is 45.9 Å². The molecule has 2 aliphatic heterocycles. The summed E-state index contributed by atoms with van der Waals surface area (Å²) in [5.41, 5.74) is 2.87. The van der Waals surface area contributed by atoms with Gasteiger partial charge in [0.05, 0.1) is 18.2 Å². The van der Waals surface area contributed by atoms with E-state index >= 15 is 0 Å². The third-order valence-corrected chi connectivity index (χ3v) is 13.2. The molecule has 0 radical (unpaired) electrons. The minimum atomic E-state index is -2.25. The van der Waals surface area contributed by atoms with E-state index in [4.69, 9.17) is 4.74 Å². The van der Waals surface area contributed by atoms with Gasteiger partial charge in [-0.2, -0.15) is 0 Å². The first kappa shape index (κ1) is 45.3. The Labute approximate surface area is 379 Å². The van der Waals surface area contributed by atoms with Crippen LogP contribution < -0.4 is 15.6 Å². The van der Waals surface area contributed by atoms with Crippen molar-refractivity contribution in [2.24, 2.45) is 11.8 Å². The van der Waals surface area contributed by atoms with Gasteiger partial charge >= 0.3 is 5.97 Å². The molecular formula is C53H58N4O8. The fourth-order valence-corrected chi connectivity index (χ4v) is 9.32. The molecule has 12 heteroatoms. The number of pyridine rings is 1. The van der Waals surface area contributed by atoms with Crippen molar-refractivity contribution in [1.29, 1.82) is 0 Å². The number of ether oxygens (including phenoxy) is 1. The van der Waals surface area contributed by atoms with Crippen LogP contribution in [0.4, 0.5) is 0 Å². The monoisotopic (exact) mass is 878 g/mol. The SMILES string of the molecule is O=C(c1ccc(CCNC[C@H](O)c2ccc(O)c3[nH]c(=O)ccc23)cc1)N1CCC(COc2cccc(C(O)(C(=O)O)c3cccc(CC4CCN(Cc5ccccc5)CC4)c3)c2)CC1. The number of aromatic amines is 1. The fraction of sp³-hybridized carbons (Fsp3) is 0.340. The third kappa shape index (κ3) is 11.0. The van der Waals surface area contributed by atoms with E-state index in [1.807, 2.05) is 53.4 Å². The Morgan fingerprint density at radius 1 is 0.769 bits per heavy atom. The number of hydrogen-bond acceptors (Lipinski definition) is 9. The van der Waals surface area contributed by atoms with Crippen LogP contribution in [0.2, 0.25) is 0 Å². The van der Waals surface area contributed by atoms with E-state index in [1.165, 1.54) is 17.7 Å². The van der Waals surface area contributed by atoms with Crippen molar-refractivity contribution in [3.63, 3.8) is 0 Å². The van der Waals surface area contributed by atoms with Gasteiger partial charge in [-0.15, -0.1) is 0 Å². The van der Waals surface area contributed by atoms with Crippen LogP contribution in [0.5, 0.6) is 11.5 Å². The fourth-order valence-electron chi connectivity index (χ4n) is 9.32. The highest BCUT2D eigenvalue weighted by Gasteiger charge is 2.41. The summed E-state index contributed by atoms with van der Waals surface area (Å²) >= 11 is 0. The summed E-state index contributed by atoms with van der Waals surface area (Å²) in [4.78, 5) is 45.0. The number of aromatic hydroxyl groups is 1. The summed E-state index contributed by atoms with van der Waals surface area (Å²) in [6.07, 6.45) is 4.32. The standard InChI is InChI=1S/C53H58N4O8/c58-47-18-16-45(46-17-19-49(60)55-50(46)47)48(59)33-54-25-20-36-12-14-41(15-13-36)51(61)57-28-23-39(24-29-57)35-65-44-11-5-10-43(32-44)53(64,52(62)63)42-9-4-8-40(31-42)30-37-21-26-56(27-22-37)34-38-6-2-1-3-7-38/h1-19,31-32,37,39,48,54,58-59,64H,20-30,33-35H2,(H,55,60)(H,62,63)/t48-,53?/m0/s1. The number of phenols is 1. The number of hydrogen-bond donors (Lipinski definition) is 6. The molecule has 2 atom stereocenters. The van der Waals surface area contributed by atoms with Crippen LogP contribution in [-0.4, -0.2) is 93.0 Å². The number of benzene rings is 5. The quantitative estimate of drug-likeness (QED) is 0.0535. The maximum atomic E-state index is 13.4. The van der Waals surface area contributed by atoms with E-state index in [-0.39, 0.29) is 35.2 Å². The number of carboxylic acids is 1. The largest absolute Gasteiger partial charge is 0.506 e. The Morgan fingerprint density at radius 2 is 1.46 bits per heavy atom. The van der Waals surface area contributed by atoms with E-state index < -0.39 is 17.7 Å². The van der Waals surface area contributed by atoms with Gasteiger partial charge in [-0.1, -0.05) is 84.9 Å². The van der Waals surface area contributed by atoms with Gasteiger partial charge in [0.1, 0.15) is 11.5 Å². The number of aliphatic hydroxyl groups excluding tert-OH is 1. The van der Waals surface area contributed by atoms with Gasteiger partial charge in [-0.3, -0.25) is 14.5 Å². The van der Waals surface area contributed by atoms with Crippen molar-refractivity contribution >= 4 is 22.8 Å². The lowest BCUT2D eigenvalue weighted by Crippen LogP contribution is -2.39. The zero-order chi connectivity index (χ0) is 45.3. The lowest BCUT2D eigenvalue weighted by atomic mass is 9.83. The van der Waals surface area contributed by atoms with Crippen molar-refractivity contribution < 1.29 is 34.8 Å². The molecule has 2 aliphatic rings. The summed E-state index contributed by atoms with van der Waals surface area (Å²) in [6, 6.07) is 38.3. The lowest BCUT2D eigenvalue weighted by molar-refractivity contribution is -0.155. The maximum Gasteiger partial charge on any atom is 0.345 e. The molecule has 0 saturated carbocycles. The number of phenolic OH excluding ortho intramolecular Hbond substituents is 1. The number of aliphatic hydroxyl groups is 2. The number of carbonyl (C=O) groups is 2. The van der Waals surface area contributed by atoms with Crippen molar-refractivity contribution in [3.05, 3.63) is 177 Å². The highest BCUT2D eigenvalue weighted by atomic mass is 16.5. The first-order valence-corrected chi connectivity index (χ1v) is 22.7. The Morgan fingerprint density at radius 3 is 2.20 bits per heavy atom. The zero-order valence-corrected chi connectivity index (χ0v) is 36.6. The molecule has 1 amide bonds. The normalized spacial score (nSPS) is 16.6. The number of H-pyrrole nitrogens is 1. The smallest absolute Gasteiger partial charge is 0.345 e. The molecule has 12 nitrogen and oxygen atoms in total. The molecule has 1 aromatic heterocycles. The number of nitrogens with zero attached hydrogens (tertiary/aromatic N) is 2. The van der Waals surface area contributed by atoms with E-state index in [1.54, 1.807) is 42.5 Å². The van der Waals surface area contributed by atoms with Gasteiger partial charge in [0, 0.05) is 48.8 Å². The Hall–Kier alpha value is -6.31. The number of amides is 1. The second-order valence-corrected chi connectivity index (χ2v) is 17.7. The number of fused-ring (bicyclic) bond motifs is 1. The second kappa shape index (κ2) is 20.7. The number of carbonyl (C=O) groups excluding carboxylic acids is 1. The van der Waals surface area contributed by atoms with Crippen LogP contribution in [0.1, 0.15) is 75.5 Å². The molecule has 1 unspecified atom stereocenters. The van der Waals surface area contributed by atoms with Gasteiger partial charge in [0.15, 0.2) is 0 Å². The highest BCUT2D eigenvalue weighted by Crippen LogP contribution is 2.34. The third-order valence-electron chi connectivity index (χ3n) is 13.2. The van der Waals surface area contributed by atoms with Crippen LogP contribution in [0.25, 0.3) is 10.9 Å². The summed E-state index contributed by atoms with van der Waals surface area (Å²) in [6.45, 7) is 5.45. The highest BCUT2D eigenvalue weighted by molar-refractivity contribution is 5.94. The van der Waals surface area contributed by atoms with Crippen LogP contribution in [0.3, 0.4) is 0 Å². The minimum Gasteiger partial charge on any atom is -0.506 e. The predicted molar refractivity (Wildman–Crippen MR) is 250 cm³/mol. The van der Waals surface area contributed by atoms with Gasteiger partial charge in [-0.05, 0) is 134 Å². The number of rotatable bonds is 17. The molecule has 3 heterocycles. The molecule has 2 fully saturated rings. The minimum absolute atomic E-state index is 0.0198. The number of piperidine rings is 2. The van der Waals surface area contributed by atoms with Gasteiger partial charge in [0.25, 0.3) is 5.91 Å². The molecule has 5 aromatic carbocycles. The molecular weight excluding hydrogens is 821 g/mol. The number of carboxylic acid groups (broad SMARTS) is 1. The van der Waals surface area contributed by atoms with Crippen molar-refractivity contribution in [1.82, 2.24) is 20.1 Å². The first-order chi connectivity index (χ1) is 31.5. The molecule has 0 bridgehead atoms. The number of aromatic nitrogens is 1. The number of nitrogens with one attached hydrogen (secondary N) is 2. The predicted octanol–water partition coefficient (Wildman–Crippen LogP) is 6.81. The Kier molecular flexibility index (Phi) is 14.4. The van der Waals surface area contributed by atoms with E-state index in [2.05, 4.69) is 39.5 Å². The maximum absolute atomic E-state index is 13.4. The summed E-state index contributed by atoms with van der Waals surface area (Å²) in [5.74, 6) is -0.255. The first-order valence-electron chi connectivity index (χ1n) is 22.7. The molecule has 6 aromatic rings. The van der Waals surface area contributed by atoms with Crippen LogP contribution in [0, 0.1) is 11.8 Å². The molecule has 65 heavy (non-hydrogen) atoms.